The molecule has 0 bridgehead atoms. The molecule has 0 radical (unpaired) electrons. The number of hydrogen-bond donors (Lipinski definition) is 1. The lowest BCUT2D eigenvalue weighted by Gasteiger charge is -2.20. The minimum absolute atomic E-state index is 0.0961. The zero-order valence-corrected chi connectivity index (χ0v) is 12.5. The number of carbonyl (C=O) groups is 3. The molecule has 0 aliphatic heterocycles. The number of amides is 2. The standard InChI is InChI=1S/C13H18N2O4S/c1-9(13(18)19-3)8-15(2)11(16)7-14-12(17)10-5-4-6-20-10/h4-6,9H,7-8H2,1-3H3,(H,14,17). The molecule has 1 rings (SSSR count). The van der Waals surface area contributed by atoms with Gasteiger partial charge in [-0.25, -0.2) is 0 Å². The van der Waals surface area contributed by atoms with Gasteiger partial charge < -0.3 is 15.0 Å². The minimum atomic E-state index is -0.401. The van der Waals surface area contributed by atoms with E-state index in [1.54, 1.807) is 31.5 Å². The Balaban J connectivity index is 2.38. The van der Waals surface area contributed by atoms with E-state index >= 15 is 0 Å². The molecule has 1 N–H and O–H groups in total. The molecule has 0 saturated heterocycles. The predicted octanol–water partition coefficient (Wildman–Crippen LogP) is 0.745. The number of methoxy groups -OCH3 is 1. The van der Waals surface area contributed by atoms with E-state index in [2.05, 4.69) is 10.1 Å². The van der Waals surface area contributed by atoms with E-state index < -0.39 is 5.92 Å². The van der Waals surface area contributed by atoms with Crippen molar-refractivity contribution in [3.63, 3.8) is 0 Å². The summed E-state index contributed by atoms with van der Waals surface area (Å²) in [5, 5.41) is 4.34. The third kappa shape index (κ3) is 4.65. The van der Waals surface area contributed by atoms with E-state index in [1.165, 1.54) is 23.3 Å². The van der Waals surface area contributed by atoms with Crippen molar-refractivity contribution in [2.45, 2.75) is 6.92 Å². The Morgan fingerprint density at radius 2 is 2.15 bits per heavy atom. The van der Waals surface area contributed by atoms with E-state index in [-0.39, 0.29) is 30.9 Å². The van der Waals surface area contributed by atoms with Gasteiger partial charge in [0.05, 0.1) is 24.4 Å². The lowest BCUT2D eigenvalue weighted by atomic mass is 10.2. The maximum atomic E-state index is 11.8. The van der Waals surface area contributed by atoms with Crippen LogP contribution in [0.4, 0.5) is 0 Å². The van der Waals surface area contributed by atoms with Gasteiger partial charge in [0.2, 0.25) is 5.91 Å². The van der Waals surface area contributed by atoms with Gasteiger partial charge in [-0.2, -0.15) is 0 Å². The summed E-state index contributed by atoms with van der Waals surface area (Å²) in [6.45, 7) is 1.83. The van der Waals surface area contributed by atoms with Gasteiger partial charge in [0, 0.05) is 13.6 Å². The molecule has 0 saturated carbocycles. The van der Waals surface area contributed by atoms with Crippen molar-refractivity contribution in [3.8, 4) is 0 Å². The molecular formula is C13H18N2O4S. The fourth-order valence-corrected chi connectivity index (χ4v) is 2.21. The molecule has 7 heteroatoms. The molecule has 1 heterocycles. The summed E-state index contributed by atoms with van der Waals surface area (Å²) in [7, 11) is 2.89. The van der Waals surface area contributed by atoms with Crippen LogP contribution in [0.2, 0.25) is 0 Å². The second-order valence-corrected chi connectivity index (χ2v) is 5.31. The fraction of sp³-hybridized carbons (Fsp3) is 0.462. The van der Waals surface area contributed by atoms with Crippen molar-refractivity contribution >= 4 is 29.1 Å². The Kier molecular flexibility index (Phi) is 6.17. The number of carbonyl (C=O) groups excluding carboxylic acids is 3. The van der Waals surface area contributed by atoms with Gasteiger partial charge in [-0.15, -0.1) is 11.3 Å². The van der Waals surface area contributed by atoms with Crippen LogP contribution in [0, 0.1) is 5.92 Å². The van der Waals surface area contributed by atoms with E-state index in [0.29, 0.717) is 4.88 Å². The van der Waals surface area contributed by atoms with Crippen molar-refractivity contribution in [1.29, 1.82) is 0 Å². The molecule has 2 amide bonds. The third-order valence-corrected chi connectivity index (χ3v) is 3.59. The summed E-state index contributed by atoms with van der Waals surface area (Å²) in [4.78, 5) is 36.7. The highest BCUT2D eigenvalue weighted by atomic mass is 32.1. The maximum Gasteiger partial charge on any atom is 0.310 e. The van der Waals surface area contributed by atoms with E-state index in [4.69, 9.17) is 0 Å². The molecule has 0 spiro atoms. The first-order chi connectivity index (χ1) is 9.45. The molecule has 0 aliphatic carbocycles. The highest BCUT2D eigenvalue weighted by Crippen LogP contribution is 2.07. The van der Waals surface area contributed by atoms with Crippen molar-refractivity contribution in [2.24, 2.45) is 5.92 Å². The molecule has 1 aromatic heterocycles. The third-order valence-electron chi connectivity index (χ3n) is 2.72. The van der Waals surface area contributed by atoms with Crippen molar-refractivity contribution < 1.29 is 19.1 Å². The van der Waals surface area contributed by atoms with E-state index in [1.807, 2.05) is 0 Å². The highest BCUT2D eigenvalue weighted by Gasteiger charge is 2.19. The zero-order valence-electron chi connectivity index (χ0n) is 11.7. The summed E-state index contributed by atoms with van der Waals surface area (Å²) in [6.07, 6.45) is 0. The van der Waals surface area contributed by atoms with E-state index in [9.17, 15) is 14.4 Å². The Morgan fingerprint density at radius 1 is 1.45 bits per heavy atom. The van der Waals surface area contributed by atoms with Crippen LogP contribution in [0.15, 0.2) is 17.5 Å². The van der Waals surface area contributed by atoms with Crippen LogP contribution in [0.25, 0.3) is 0 Å². The molecule has 6 nitrogen and oxygen atoms in total. The highest BCUT2D eigenvalue weighted by molar-refractivity contribution is 7.12. The van der Waals surface area contributed by atoms with Crippen LogP contribution in [-0.4, -0.2) is 49.9 Å². The molecule has 0 aromatic carbocycles. The molecule has 1 unspecified atom stereocenters. The summed E-state index contributed by atoms with van der Waals surface area (Å²) in [5.41, 5.74) is 0. The number of hydrogen-bond acceptors (Lipinski definition) is 5. The molecule has 1 atom stereocenters. The van der Waals surface area contributed by atoms with Gasteiger partial charge in [-0.1, -0.05) is 13.0 Å². The van der Waals surface area contributed by atoms with Gasteiger partial charge in [-0.05, 0) is 11.4 Å². The van der Waals surface area contributed by atoms with Crippen LogP contribution in [0.5, 0.6) is 0 Å². The molecular weight excluding hydrogens is 280 g/mol. The van der Waals surface area contributed by atoms with Crippen LogP contribution in [0.3, 0.4) is 0 Å². The molecule has 1 aromatic rings. The number of thiophene rings is 1. The summed E-state index contributed by atoms with van der Waals surface area (Å²) < 4.78 is 4.59. The minimum Gasteiger partial charge on any atom is -0.469 e. The number of nitrogens with zero attached hydrogens (tertiary/aromatic N) is 1. The predicted molar refractivity (Wildman–Crippen MR) is 75.5 cm³/mol. The second-order valence-electron chi connectivity index (χ2n) is 4.36. The fourth-order valence-electron chi connectivity index (χ4n) is 1.57. The van der Waals surface area contributed by atoms with Gasteiger partial charge in [-0.3, -0.25) is 14.4 Å². The van der Waals surface area contributed by atoms with Crippen LogP contribution in [0.1, 0.15) is 16.6 Å². The molecule has 0 fully saturated rings. The van der Waals surface area contributed by atoms with Crippen LogP contribution < -0.4 is 5.32 Å². The Bertz CT molecular complexity index is 473. The lowest BCUT2D eigenvalue weighted by Crippen LogP contribution is -2.40. The number of esters is 1. The first-order valence-corrected chi connectivity index (χ1v) is 6.97. The van der Waals surface area contributed by atoms with Crippen molar-refractivity contribution in [3.05, 3.63) is 22.4 Å². The van der Waals surface area contributed by atoms with Gasteiger partial charge in [0.1, 0.15) is 0 Å². The van der Waals surface area contributed by atoms with Gasteiger partial charge >= 0.3 is 5.97 Å². The van der Waals surface area contributed by atoms with Gasteiger partial charge in [0.25, 0.3) is 5.91 Å². The number of nitrogens with one attached hydrogen (secondary N) is 1. The first-order valence-electron chi connectivity index (χ1n) is 6.09. The second kappa shape index (κ2) is 7.64. The van der Waals surface area contributed by atoms with Crippen molar-refractivity contribution in [1.82, 2.24) is 10.2 Å². The van der Waals surface area contributed by atoms with Crippen molar-refractivity contribution in [2.75, 3.05) is 27.2 Å². The van der Waals surface area contributed by atoms with Gasteiger partial charge in [0.15, 0.2) is 0 Å². The summed E-state index contributed by atoms with van der Waals surface area (Å²) in [6, 6.07) is 3.46. The maximum absolute atomic E-state index is 11.8. The zero-order chi connectivity index (χ0) is 15.1. The topological polar surface area (TPSA) is 75.7 Å². The summed E-state index contributed by atoms with van der Waals surface area (Å²) >= 11 is 1.31. The molecule has 110 valence electrons. The summed E-state index contributed by atoms with van der Waals surface area (Å²) in [5.74, 6) is -1.30. The quantitative estimate of drug-likeness (QED) is 0.786. The Hall–Kier alpha value is -1.89. The first kappa shape index (κ1) is 16.2. The normalized spacial score (nSPS) is 11.6. The van der Waals surface area contributed by atoms with Crippen LogP contribution >= 0.6 is 11.3 Å². The Labute approximate surface area is 121 Å². The molecule has 0 aliphatic rings. The lowest BCUT2D eigenvalue weighted by molar-refractivity contribution is -0.146. The smallest absolute Gasteiger partial charge is 0.310 e. The van der Waals surface area contributed by atoms with E-state index in [0.717, 1.165) is 0 Å². The largest absolute Gasteiger partial charge is 0.469 e. The molecule has 20 heavy (non-hydrogen) atoms. The number of rotatable bonds is 6. The average Bonchev–Trinajstić information content (AvgIpc) is 2.97. The number of likely N-dealkylation sites (N-methyl/N-ethyl adjacent to an activating group) is 1. The average molecular weight is 298 g/mol. The number of ether oxygens (including phenoxy) is 1. The monoisotopic (exact) mass is 298 g/mol. The van der Waals surface area contributed by atoms with Crippen LogP contribution in [-0.2, 0) is 14.3 Å². The SMILES string of the molecule is COC(=O)C(C)CN(C)C(=O)CNC(=O)c1cccs1. The Morgan fingerprint density at radius 3 is 2.70 bits per heavy atom.